The number of aryl methyl sites for hydroxylation is 1. The van der Waals surface area contributed by atoms with Gasteiger partial charge in [0.25, 0.3) is 0 Å². The SMILES string of the molecule is CCCCCC(=O)NCc1cccc(-c2nc(C)cs2)c1. The van der Waals surface area contributed by atoms with E-state index < -0.39 is 0 Å². The van der Waals surface area contributed by atoms with Crippen LogP contribution in [0.25, 0.3) is 10.6 Å². The molecule has 0 aliphatic carbocycles. The van der Waals surface area contributed by atoms with Crippen LogP contribution >= 0.6 is 11.3 Å². The number of nitrogens with zero attached hydrogens (tertiary/aromatic N) is 1. The van der Waals surface area contributed by atoms with E-state index in [-0.39, 0.29) is 5.91 Å². The van der Waals surface area contributed by atoms with Gasteiger partial charge in [0, 0.05) is 29.6 Å². The molecule has 0 bridgehead atoms. The molecule has 0 atom stereocenters. The van der Waals surface area contributed by atoms with Crippen LogP contribution < -0.4 is 5.32 Å². The van der Waals surface area contributed by atoms with Crippen molar-refractivity contribution in [2.45, 2.75) is 46.1 Å². The van der Waals surface area contributed by atoms with Gasteiger partial charge in [-0.3, -0.25) is 4.79 Å². The van der Waals surface area contributed by atoms with Crippen LogP contribution in [0.4, 0.5) is 0 Å². The molecule has 1 heterocycles. The summed E-state index contributed by atoms with van der Waals surface area (Å²) >= 11 is 1.65. The van der Waals surface area contributed by atoms with Gasteiger partial charge in [-0.2, -0.15) is 0 Å². The molecule has 0 aliphatic rings. The third kappa shape index (κ3) is 4.97. The number of carbonyl (C=O) groups is 1. The third-order valence-corrected chi connectivity index (χ3v) is 4.30. The molecule has 0 saturated carbocycles. The molecule has 3 nitrogen and oxygen atoms in total. The van der Waals surface area contributed by atoms with Gasteiger partial charge in [0.15, 0.2) is 0 Å². The average Bonchev–Trinajstić information content (AvgIpc) is 2.92. The second-order valence-electron chi connectivity index (χ2n) is 5.23. The standard InChI is InChI=1S/C17H22N2OS/c1-3-4-5-9-16(20)18-11-14-7-6-8-15(10-14)17-19-13(2)12-21-17/h6-8,10,12H,3-5,9,11H2,1-2H3,(H,18,20). The highest BCUT2D eigenvalue weighted by Gasteiger charge is 2.05. The number of thiazole rings is 1. The fourth-order valence-corrected chi connectivity index (χ4v) is 2.92. The molecule has 0 radical (unpaired) electrons. The zero-order chi connectivity index (χ0) is 15.1. The van der Waals surface area contributed by atoms with Gasteiger partial charge in [0.1, 0.15) is 5.01 Å². The number of unbranched alkanes of at least 4 members (excludes halogenated alkanes) is 2. The highest BCUT2D eigenvalue weighted by Crippen LogP contribution is 2.24. The van der Waals surface area contributed by atoms with E-state index in [9.17, 15) is 4.79 Å². The predicted molar refractivity (Wildman–Crippen MR) is 88.3 cm³/mol. The van der Waals surface area contributed by atoms with Crippen LogP contribution in [0, 0.1) is 6.92 Å². The first kappa shape index (κ1) is 15.7. The quantitative estimate of drug-likeness (QED) is 0.774. The van der Waals surface area contributed by atoms with Crippen LogP contribution in [0.5, 0.6) is 0 Å². The van der Waals surface area contributed by atoms with Gasteiger partial charge in [0.2, 0.25) is 5.91 Å². The van der Waals surface area contributed by atoms with Crippen molar-refractivity contribution in [3.05, 3.63) is 40.9 Å². The van der Waals surface area contributed by atoms with Gasteiger partial charge in [-0.25, -0.2) is 4.98 Å². The molecule has 1 aromatic carbocycles. The van der Waals surface area contributed by atoms with Gasteiger partial charge in [-0.1, -0.05) is 38.0 Å². The molecular formula is C17H22N2OS. The van der Waals surface area contributed by atoms with Crippen LogP contribution in [0.2, 0.25) is 0 Å². The Morgan fingerprint density at radius 3 is 2.90 bits per heavy atom. The fourth-order valence-electron chi connectivity index (χ4n) is 2.13. The van der Waals surface area contributed by atoms with E-state index in [0.29, 0.717) is 13.0 Å². The lowest BCUT2D eigenvalue weighted by atomic mass is 10.1. The van der Waals surface area contributed by atoms with Crippen molar-refractivity contribution in [1.29, 1.82) is 0 Å². The zero-order valence-corrected chi connectivity index (χ0v) is 13.5. The molecule has 21 heavy (non-hydrogen) atoms. The highest BCUT2D eigenvalue weighted by molar-refractivity contribution is 7.13. The highest BCUT2D eigenvalue weighted by atomic mass is 32.1. The van der Waals surface area contributed by atoms with E-state index in [2.05, 4.69) is 34.7 Å². The van der Waals surface area contributed by atoms with Gasteiger partial charge >= 0.3 is 0 Å². The second-order valence-corrected chi connectivity index (χ2v) is 6.09. The maximum absolute atomic E-state index is 11.7. The van der Waals surface area contributed by atoms with E-state index in [4.69, 9.17) is 0 Å². The molecule has 0 saturated heterocycles. The van der Waals surface area contributed by atoms with E-state index >= 15 is 0 Å². The van der Waals surface area contributed by atoms with Gasteiger partial charge in [-0.05, 0) is 25.0 Å². The molecule has 1 amide bonds. The molecule has 4 heteroatoms. The Bertz CT molecular complexity index is 592. The van der Waals surface area contributed by atoms with Crippen molar-refractivity contribution in [3.63, 3.8) is 0 Å². The molecular weight excluding hydrogens is 280 g/mol. The number of carbonyl (C=O) groups excluding carboxylic acids is 1. The lowest BCUT2D eigenvalue weighted by Crippen LogP contribution is -2.22. The van der Waals surface area contributed by atoms with Gasteiger partial charge < -0.3 is 5.32 Å². The first-order chi connectivity index (χ1) is 10.2. The topological polar surface area (TPSA) is 42.0 Å². The number of hydrogen-bond acceptors (Lipinski definition) is 3. The molecule has 0 unspecified atom stereocenters. The summed E-state index contributed by atoms with van der Waals surface area (Å²) in [4.78, 5) is 16.2. The Balaban J connectivity index is 1.91. The molecule has 0 fully saturated rings. The lowest BCUT2D eigenvalue weighted by Gasteiger charge is -2.06. The summed E-state index contributed by atoms with van der Waals surface area (Å²) in [6.45, 7) is 4.73. The zero-order valence-electron chi connectivity index (χ0n) is 12.7. The first-order valence-electron chi connectivity index (χ1n) is 7.47. The molecule has 2 rings (SSSR count). The smallest absolute Gasteiger partial charge is 0.220 e. The molecule has 112 valence electrons. The molecule has 0 spiro atoms. The minimum atomic E-state index is 0.138. The van der Waals surface area contributed by atoms with Crippen LogP contribution in [0.15, 0.2) is 29.6 Å². The number of amides is 1. The number of rotatable bonds is 7. The van der Waals surface area contributed by atoms with E-state index in [1.165, 1.54) is 0 Å². The molecule has 1 aromatic heterocycles. The van der Waals surface area contributed by atoms with Crippen LogP contribution in [0.1, 0.15) is 43.9 Å². The summed E-state index contributed by atoms with van der Waals surface area (Å²) in [5.74, 6) is 0.138. The number of aromatic nitrogens is 1. The van der Waals surface area contributed by atoms with Crippen molar-refractivity contribution in [2.75, 3.05) is 0 Å². The van der Waals surface area contributed by atoms with Crippen molar-refractivity contribution >= 4 is 17.2 Å². The monoisotopic (exact) mass is 302 g/mol. The number of nitrogens with one attached hydrogen (secondary N) is 1. The van der Waals surface area contributed by atoms with Gasteiger partial charge in [-0.15, -0.1) is 11.3 Å². The van der Waals surface area contributed by atoms with Crippen molar-refractivity contribution in [1.82, 2.24) is 10.3 Å². The maximum Gasteiger partial charge on any atom is 0.220 e. The van der Waals surface area contributed by atoms with Crippen LogP contribution in [0.3, 0.4) is 0 Å². The summed E-state index contributed by atoms with van der Waals surface area (Å²) in [6, 6.07) is 8.22. The Labute approximate surface area is 130 Å². The lowest BCUT2D eigenvalue weighted by molar-refractivity contribution is -0.121. The molecule has 1 N–H and O–H groups in total. The van der Waals surface area contributed by atoms with Gasteiger partial charge in [0.05, 0.1) is 0 Å². The van der Waals surface area contributed by atoms with Crippen LogP contribution in [-0.2, 0) is 11.3 Å². The summed E-state index contributed by atoms with van der Waals surface area (Å²) in [5.41, 5.74) is 3.28. The van der Waals surface area contributed by atoms with Crippen molar-refractivity contribution in [2.24, 2.45) is 0 Å². The minimum absolute atomic E-state index is 0.138. The summed E-state index contributed by atoms with van der Waals surface area (Å²) < 4.78 is 0. The van der Waals surface area contributed by atoms with Crippen LogP contribution in [-0.4, -0.2) is 10.9 Å². The Kier molecular flexibility index (Phi) is 5.93. The first-order valence-corrected chi connectivity index (χ1v) is 8.35. The Hall–Kier alpha value is -1.68. The summed E-state index contributed by atoms with van der Waals surface area (Å²) in [5, 5.41) is 6.07. The third-order valence-electron chi connectivity index (χ3n) is 3.29. The molecule has 2 aromatic rings. The van der Waals surface area contributed by atoms with E-state index in [1.807, 2.05) is 19.1 Å². The number of hydrogen-bond donors (Lipinski definition) is 1. The predicted octanol–water partition coefficient (Wildman–Crippen LogP) is 4.32. The minimum Gasteiger partial charge on any atom is -0.352 e. The van der Waals surface area contributed by atoms with E-state index in [0.717, 1.165) is 41.1 Å². The number of benzene rings is 1. The Morgan fingerprint density at radius 1 is 1.33 bits per heavy atom. The van der Waals surface area contributed by atoms with Crippen molar-refractivity contribution < 1.29 is 4.79 Å². The van der Waals surface area contributed by atoms with Crippen molar-refractivity contribution in [3.8, 4) is 10.6 Å². The van der Waals surface area contributed by atoms with E-state index in [1.54, 1.807) is 11.3 Å². The summed E-state index contributed by atoms with van der Waals surface area (Å²) in [6.07, 6.45) is 3.86. The normalized spacial score (nSPS) is 10.6. The largest absolute Gasteiger partial charge is 0.352 e. The second kappa shape index (κ2) is 7.93. The fraction of sp³-hybridized carbons (Fsp3) is 0.412. The molecule has 0 aliphatic heterocycles. The average molecular weight is 302 g/mol. The Morgan fingerprint density at radius 2 is 2.19 bits per heavy atom. The summed E-state index contributed by atoms with van der Waals surface area (Å²) in [7, 11) is 0. The maximum atomic E-state index is 11.7.